The van der Waals surface area contributed by atoms with Gasteiger partial charge in [-0.25, -0.2) is 24.2 Å². The standard InChI is InChI=1S/C38H48ClN5O9/c1-35(2,3)50-31(46)43(32(47)51-36(4,5)6)29-24-18-16-22(21-42-27(45)19-17-23-14-13-15-25(39)28(23)42)20-26(24)40-30(41-29)44(33(48)52-37(7,8)9)34(49)53-38(10,11)12/h13-16,18,20H,17,19,21H2,1-12H3. The van der Waals surface area contributed by atoms with Gasteiger partial charge in [0.2, 0.25) is 11.9 Å². The highest BCUT2D eigenvalue weighted by Gasteiger charge is 2.39. The van der Waals surface area contributed by atoms with E-state index in [9.17, 15) is 24.0 Å². The van der Waals surface area contributed by atoms with Crippen LogP contribution in [-0.4, -0.2) is 62.7 Å². The third-order valence-electron chi connectivity index (χ3n) is 7.04. The monoisotopic (exact) mass is 753 g/mol. The Balaban J connectivity index is 2.01. The van der Waals surface area contributed by atoms with E-state index in [4.69, 9.17) is 30.5 Å². The Morgan fingerprint density at radius 2 is 1.19 bits per heavy atom. The van der Waals surface area contributed by atoms with Crippen LogP contribution >= 0.6 is 11.6 Å². The molecule has 0 N–H and O–H groups in total. The molecule has 0 fully saturated rings. The summed E-state index contributed by atoms with van der Waals surface area (Å²) in [6.07, 6.45) is -3.84. The highest BCUT2D eigenvalue weighted by Crippen LogP contribution is 2.37. The summed E-state index contributed by atoms with van der Waals surface area (Å²) >= 11 is 6.58. The molecule has 1 aliphatic heterocycles. The Labute approximate surface area is 314 Å². The number of carbonyl (C=O) groups excluding carboxylic acids is 5. The van der Waals surface area contributed by atoms with E-state index in [2.05, 4.69) is 9.97 Å². The van der Waals surface area contributed by atoms with Gasteiger partial charge in [-0.15, -0.1) is 4.90 Å². The number of aromatic nitrogens is 2. The lowest BCUT2D eigenvalue weighted by molar-refractivity contribution is -0.119. The number of para-hydroxylation sites is 1. The van der Waals surface area contributed by atoms with Crippen molar-refractivity contribution < 1.29 is 42.9 Å². The maximum absolute atomic E-state index is 13.9. The Morgan fingerprint density at radius 1 is 0.698 bits per heavy atom. The fourth-order valence-corrected chi connectivity index (χ4v) is 5.44. The normalized spacial score (nSPS) is 13.6. The summed E-state index contributed by atoms with van der Waals surface area (Å²) in [5.41, 5.74) is -2.10. The summed E-state index contributed by atoms with van der Waals surface area (Å²) < 4.78 is 22.4. The minimum atomic E-state index is -1.18. The summed E-state index contributed by atoms with van der Waals surface area (Å²) in [5, 5.41) is 0.560. The molecule has 0 spiro atoms. The summed E-state index contributed by atoms with van der Waals surface area (Å²) in [6, 6.07) is 10.3. The van der Waals surface area contributed by atoms with Crippen LogP contribution in [0.2, 0.25) is 5.02 Å². The van der Waals surface area contributed by atoms with Gasteiger partial charge in [0.1, 0.15) is 22.4 Å². The van der Waals surface area contributed by atoms with Crippen LogP contribution in [0.25, 0.3) is 10.9 Å². The first-order valence-corrected chi connectivity index (χ1v) is 17.5. The number of benzene rings is 2. The number of nitrogens with zero attached hydrogens (tertiary/aromatic N) is 5. The molecule has 0 saturated heterocycles. The first-order chi connectivity index (χ1) is 24.2. The molecule has 53 heavy (non-hydrogen) atoms. The van der Waals surface area contributed by atoms with E-state index in [1.807, 2.05) is 12.1 Å². The zero-order chi connectivity index (χ0) is 39.8. The van der Waals surface area contributed by atoms with Crippen molar-refractivity contribution in [2.75, 3.05) is 14.7 Å². The lowest BCUT2D eigenvalue weighted by Crippen LogP contribution is -2.46. The van der Waals surface area contributed by atoms with E-state index in [0.29, 0.717) is 32.5 Å². The van der Waals surface area contributed by atoms with Gasteiger partial charge >= 0.3 is 24.4 Å². The SMILES string of the molecule is CC(C)(C)OC(=O)N(C(=O)OC(C)(C)C)c1nc(N(C(=O)OC(C)(C)C)C(=O)OC(C)(C)C)c2ccc(CN3C(=O)CCc4cccc(Cl)c43)cc2n1. The molecule has 1 aromatic heterocycles. The van der Waals surface area contributed by atoms with E-state index >= 15 is 0 Å². The van der Waals surface area contributed by atoms with Gasteiger partial charge in [-0.2, -0.15) is 9.88 Å². The molecule has 0 saturated carbocycles. The summed E-state index contributed by atoms with van der Waals surface area (Å²) in [5.74, 6) is -1.08. The van der Waals surface area contributed by atoms with E-state index in [-0.39, 0.29) is 35.6 Å². The van der Waals surface area contributed by atoms with Crippen LogP contribution in [0, 0.1) is 0 Å². The fraction of sp³-hybridized carbons (Fsp3) is 0.500. The van der Waals surface area contributed by atoms with Crippen molar-refractivity contribution in [3.8, 4) is 0 Å². The number of imide groups is 2. The first kappa shape index (κ1) is 40.8. The molecule has 0 radical (unpaired) electrons. The van der Waals surface area contributed by atoms with Crippen molar-refractivity contribution in [1.29, 1.82) is 0 Å². The summed E-state index contributed by atoms with van der Waals surface area (Å²) in [7, 11) is 0. The maximum atomic E-state index is 13.9. The molecule has 3 aromatic rings. The van der Waals surface area contributed by atoms with Gasteiger partial charge in [0.25, 0.3) is 0 Å². The second kappa shape index (κ2) is 14.8. The van der Waals surface area contributed by atoms with E-state index in [0.717, 1.165) is 5.56 Å². The van der Waals surface area contributed by atoms with E-state index in [1.165, 1.54) is 0 Å². The first-order valence-electron chi connectivity index (χ1n) is 17.1. The third kappa shape index (κ3) is 10.6. The summed E-state index contributed by atoms with van der Waals surface area (Å²) in [6.45, 7) is 19.4. The summed E-state index contributed by atoms with van der Waals surface area (Å²) in [4.78, 5) is 80.1. The average molecular weight is 754 g/mol. The predicted octanol–water partition coefficient (Wildman–Crippen LogP) is 9.12. The van der Waals surface area contributed by atoms with Gasteiger partial charge < -0.3 is 23.8 Å². The predicted molar refractivity (Wildman–Crippen MR) is 200 cm³/mol. The van der Waals surface area contributed by atoms with Crippen molar-refractivity contribution in [2.45, 2.75) is 125 Å². The van der Waals surface area contributed by atoms with Crippen LogP contribution in [-0.2, 0) is 36.7 Å². The topological polar surface area (TPSA) is 158 Å². The second-order valence-electron chi connectivity index (χ2n) is 16.5. The van der Waals surface area contributed by atoms with Crippen molar-refractivity contribution in [3.63, 3.8) is 0 Å². The van der Waals surface area contributed by atoms with Crippen LogP contribution in [0.5, 0.6) is 0 Å². The van der Waals surface area contributed by atoms with Gasteiger partial charge in [0.15, 0.2) is 5.82 Å². The number of anilines is 3. The quantitative estimate of drug-likeness (QED) is 0.234. The van der Waals surface area contributed by atoms with Crippen LogP contribution < -0.4 is 14.7 Å². The van der Waals surface area contributed by atoms with Crippen LogP contribution in [0.15, 0.2) is 36.4 Å². The number of rotatable bonds is 4. The van der Waals surface area contributed by atoms with Crippen LogP contribution in [0.1, 0.15) is 101 Å². The van der Waals surface area contributed by atoms with Crippen molar-refractivity contribution in [2.24, 2.45) is 0 Å². The fourth-order valence-electron chi connectivity index (χ4n) is 5.15. The number of hydrogen-bond donors (Lipinski definition) is 0. The molecule has 0 bridgehead atoms. The molecular formula is C38H48ClN5O9. The smallest absolute Gasteiger partial charge is 0.427 e. The number of carbonyl (C=O) groups is 5. The van der Waals surface area contributed by atoms with E-state index < -0.39 is 52.7 Å². The van der Waals surface area contributed by atoms with Crippen molar-refractivity contribution in [1.82, 2.24) is 9.97 Å². The Hall–Kier alpha value is -4.98. The molecule has 2 aromatic carbocycles. The highest BCUT2D eigenvalue weighted by atomic mass is 35.5. The van der Waals surface area contributed by atoms with Crippen molar-refractivity contribution in [3.05, 3.63) is 52.5 Å². The van der Waals surface area contributed by atoms with Gasteiger partial charge in [-0.05, 0) is 119 Å². The largest absolute Gasteiger partial charge is 0.443 e. The number of aryl methyl sites for hydroxylation is 1. The molecular weight excluding hydrogens is 706 g/mol. The molecule has 1 aliphatic rings. The lowest BCUT2D eigenvalue weighted by Gasteiger charge is -2.31. The molecule has 2 heterocycles. The van der Waals surface area contributed by atoms with Crippen LogP contribution in [0.4, 0.5) is 36.6 Å². The third-order valence-corrected chi connectivity index (χ3v) is 7.34. The van der Waals surface area contributed by atoms with Gasteiger partial charge in [-0.3, -0.25) is 4.79 Å². The molecule has 14 nitrogen and oxygen atoms in total. The second-order valence-corrected chi connectivity index (χ2v) is 16.9. The van der Waals surface area contributed by atoms with Gasteiger partial charge in [-0.1, -0.05) is 29.8 Å². The highest BCUT2D eigenvalue weighted by molar-refractivity contribution is 6.34. The Morgan fingerprint density at radius 3 is 1.68 bits per heavy atom. The van der Waals surface area contributed by atoms with Gasteiger partial charge in [0.05, 0.1) is 22.8 Å². The zero-order valence-corrected chi connectivity index (χ0v) is 33.1. The maximum Gasteiger partial charge on any atom is 0.427 e. The molecule has 0 aliphatic carbocycles. The molecule has 4 rings (SSSR count). The Bertz CT molecular complexity index is 1880. The minimum Gasteiger partial charge on any atom is -0.443 e. The molecule has 5 amide bonds. The van der Waals surface area contributed by atoms with Crippen LogP contribution in [0.3, 0.4) is 0 Å². The lowest BCUT2D eigenvalue weighted by atomic mass is 10.00. The number of hydrogen-bond acceptors (Lipinski definition) is 11. The molecule has 286 valence electrons. The molecule has 0 atom stereocenters. The van der Waals surface area contributed by atoms with E-state index in [1.54, 1.807) is 112 Å². The molecule has 15 heteroatoms. The minimum absolute atomic E-state index is 0.0733. The molecule has 0 unspecified atom stereocenters. The number of fused-ring (bicyclic) bond motifs is 2. The Kier molecular flexibility index (Phi) is 11.4. The van der Waals surface area contributed by atoms with Gasteiger partial charge in [0, 0.05) is 11.8 Å². The average Bonchev–Trinajstić information content (AvgIpc) is 2.95. The number of ether oxygens (including phenoxy) is 4. The van der Waals surface area contributed by atoms with Crippen molar-refractivity contribution >= 4 is 70.2 Å². The number of halogens is 1. The zero-order valence-electron chi connectivity index (χ0n) is 32.4. The number of amides is 5.